The summed E-state index contributed by atoms with van der Waals surface area (Å²) in [6.07, 6.45) is 0.405. The van der Waals surface area contributed by atoms with Crippen molar-refractivity contribution in [2.45, 2.75) is 12.5 Å². The molecule has 21 heavy (non-hydrogen) atoms. The van der Waals surface area contributed by atoms with Crippen molar-refractivity contribution in [1.82, 2.24) is 0 Å². The molecule has 5 heteroatoms. The van der Waals surface area contributed by atoms with Crippen LogP contribution in [-0.4, -0.2) is 13.0 Å². The number of anilines is 1. The predicted molar refractivity (Wildman–Crippen MR) is 86.0 cm³/mol. The SMILES string of the molecule is CN1C(=O)Cc2cc(C(N)c3c(Cl)cccc3Cl)ccc21. The zero-order valence-electron chi connectivity index (χ0n) is 11.4. The van der Waals surface area contributed by atoms with Crippen molar-refractivity contribution in [3.05, 3.63) is 63.1 Å². The lowest BCUT2D eigenvalue weighted by atomic mass is 9.97. The molecule has 0 radical (unpaired) electrons. The Labute approximate surface area is 133 Å². The highest BCUT2D eigenvalue weighted by Gasteiger charge is 2.25. The quantitative estimate of drug-likeness (QED) is 0.919. The monoisotopic (exact) mass is 320 g/mol. The fourth-order valence-electron chi connectivity index (χ4n) is 2.66. The zero-order chi connectivity index (χ0) is 15.1. The van der Waals surface area contributed by atoms with Crippen LogP contribution in [-0.2, 0) is 11.2 Å². The third-order valence-electron chi connectivity index (χ3n) is 3.85. The van der Waals surface area contributed by atoms with Gasteiger partial charge in [0.15, 0.2) is 0 Å². The third-order valence-corrected chi connectivity index (χ3v) is 4.51. The van der Waals surface area contributed by atoms with Crippen molar-refractivity contribution in [3.8, 4) is 0 Å². The molecule has 0 spiro atoms. The molecular weight excluding hydrogens is 307 g/mol. The summed E-state index contributed by atoms with van der Waals surface area (Å²) in [6.45, 7) is 0. The van der Waals surface area contributed by atoms with Gasteiger partial charge in [0.2, 0.25) is 5.91 Å². The van der Waals surface area contributed by atoms with Crippen LogP contribution in [0.4, 0.5) is 5.69 Å². The first kappa shape index (κ1) is 14.4. The van der Waals surface area contributed by atoms with Crippen LogP contribution in [0.2, 0.25) is 10.0 Å². The van der Waals surface area contributed by atoms with Gasteiger partial charge in [0, 0.05) is 28.3 Å². The maximum atomic E-state index is 11.7. The second-order valence-electron chi connectivity index (χ2n) is 5.13. The van der Waals surface area contributed by atoms with Crippen molar-refractivity contribution < 1.29 is 4.79 Å². The Morgan fingerprint density at radius 1 is 1.19 bits per heavy atom. The molecule has 0 bridgehead atoms. The first-order chi connectivity index (χ1) is 9.99. The lowest BCUT2D eigenvalue weighted by molar-refractivity contribution is -0.117. The number of fused-ring (bicyclic) bond motifs is 1. The van der Waals surface area contributed by atoms with Crippen LogP contribution in [0.3, 0.4) is 0 Å². The van der Waals surface area contributed by atoms with Gasteiger partial charge in [-0.05, 0) is 29.3 Å². The molecule has 0 aromatic heterocycles. The molecule has 1 aliphatic heterocycles. The first-order valence-corrected chi connectivity index (χ1v) is 7.33. The number of benzene rings is 2. The summed E-state index contributed by atoms with van der Waals surface area (Å²) in [5.74, 6) is 0.0893. The molecule has 108 valence electrons. The minimum atomic E-state index is -0.419. The molecule has 1 amide bonds. The molecule has 1 unspecified atom stereocenters. The predicted octanol–water partition coefficient (Wildman–Crippen LogP) is 3.56. The van der Waals surface area contributed by atoms with Gasteiger partial charge in [-0.1, -0.05) is 41.4 Å². The summed E-state index contributed by atoms with van der Waals surface area (Å²) in [4.78, 5) is 13.4. The number of nitrogens with two attached hydrogens (primary N) is 1. The number of halogens is 2. The molecule has 2 aromatic carbocycles. The van der Waals surface area contributed by atoms with E-state index >= 15 is 0 Å². The summed E-state index contributed by atoms with van der Waals surface area (Å²) in [5.41, 5.74) is 9.83. The second kappa shape index (κ2) is 5.34. The maximum Gasteiger partial charge on any atom is 0.231 e. The Morgan fingerprint density at radius 3 is 2.52 bits per heavy atom. The largest absolute Gasteiger partial charge is 0.320 e. The van der Waals surface area contributed by atoms with Crippen LogP contribution < -0.4 is 10.6 Å². The number of rotatable bonds is 2. The molecule has 1 heterocycles. The molecule has 1 aliphatic rings. The third kappa shape index (κ3) is 2.42. The van der Waals surface area contributed by atoms with Gasteiger partial charge in [0.05, 0.1) is 12.5 Å². The average Bonchev–Trinajstić information content (AvgIpc) is 2.73. The van der Waals surface area contributed by atoms with Crippen LogP contribution >= 0.6 is 23.2 Å². The highest BCUT2D eigenvalue weighted by atomic mass is 35.5. The smallest absolute Gasteiger partial charge is 0.231 e. The number of amides is 1. The molecule has 3 rings (SSSR count). The van der Waals surface area contributed by atoms with E-state index < -0.39 is 6.04 Å². The van der Waals surface area contributed by atoms with Gasteiger partial charge in [0.1, 0.15) is 0 Å². The van der Waals surface area contributed by atoms with Gasteiger partial charge in [-0.3, -0.25) is 4.79 Å². The molecule has 0 saturated heterocycles. The zero-order valence-corrected chi connectivity index (χ0v) is 12.9. The van der Waals surface area contributed by atoms with Crippen LogP contribution in [0.25, 0.3) is 0 Å². The van der Waals surface area contributed by atoms with Gasteiger partial charge in [-0.15, -0.1) is 0 Å². The lowest BCUT2D eigenvalue weighted by Crippen LogP contribution is -2.20. The first-order valence-electron chi connectivity index (χ1n) is 6.58. The maximum absolute atomic E-state index is 11.7. The van der Waals surface area contributed by atoms with Gasteiger partial charge in [0.25, 0.3) is 0 Å². The van der Waals surface area contributed by atoms with E-state index in [-0.39, 0.29) is 5.91 Å². The van der Waals surface area contributed by atoms with E-state index in [9.17, 15) is 4.79 Å². The minimum Gasteiger partial charge on any atom is -0.320 e. The number of hydrogen-bond acceptors (Lipinski definition) is 2. The molecule has 0 aliphatic carbocycles. The molecule has 2 N–H and O–H groups in total. The van der Waals surface area contributed by atoms with Crippen LogP contribution in [0, 0.1) is 0 Å². The van der Waals surface area contributed by atoms with E-state index in [1.54, 1.807) is 30.1 Å². The standard InChI is InChI=1S/C16H14Cl2N2O/c1-20-13-6-5-9(7-10(13)8-14(20)21)16(19)15-11(17)3-2-4-12(15)18/h2-7,16H,8,19H2,1H3. The van der Waals surface area contributed by atoms with Crippen molar-refractivity contribution in [1.29, 1.82) is 0 Å². The van der Waals surface area contributed by atoms with E-state index in [0.29, 0.717) is 22.0 Å². The number of hydrogen-bond donors (Lipinski definition) is 1. The van der Waals surface area contributed by atoms with Crippen molar-refractivity contribution in [2.75, 3.05) is 11.9 Å². The highest BCUT2D eigenvalue weighted by molar-refractivity contribution is 6.36. The van der Waals surface area contributed by atoms with E-state index in [4.69, 9.17) is 28.9 Å². The summed E-state index contributed by atoms with van der Waals surface area (Å²) in [5, 5.41) is 1.09. The van der Waals surface area contributed by atoms with Crippen molar-refractivity contribution >= 4 is 34.8 Å². The van der Waals surface area contributed by atoms with E-state index in [2.05, 4.69) is 0 Å². The van der Waals surface area contributed by atoms with Crippen LogP contribution in [0.15, 0.2) is 36.4 Å². The topological polar surface area (TPSA) is 46.3 Å². The van der Waals surface area contributed by atoms with Gasteiger partial charge >= 0.3 is 0 Å². The normalized spacial score (nSPS) is 15.2. The summed E-state index contributed by atoms with van der Waals surface area (Å²) >= 11 is 12.4. The fourth-order valence-corrected chi connectivity index (χ4v) is 3.29. The Kier molecular flexibility index (Phi) is 3.66. The minimum absolute atomic E-state index is 0.0893. The Hall–Kier alpha value is -1.55. The van der Waals surface area contributed by atoms with E-state index in [0.717, 1.165) is 16.8 Å². The highest BCUT2D eigenvalue weighted by Crippen LogP contribution is 2.35. The Bertz CT molecular complexity index is 710. The molecule has 2 aromatic rings. The molecule has 1 atom stereocenters. The van der Waals surface area contributed by atoms with Gasteiger partial charge < -0.3 is 10.6 Å². The van der Waals surface area contributed by atoms with Gasteiger partial charge in [-0.25, -0.2) is 0 Å². The summed E-state index contributed by atoms with van der Waals surface area (Å²) < 4.78 is 0. The van der Waals surface area contributed by atoms with Gasteiger partial charge in [-0.2, -0.15) is 0 Å². The fraction of sp³-hybridized carbons (Fsp3) is 0.188. The summed E-state index contributed by atoms with van der Waals surface area (Å²) in [6, 6.07) is 10.7. The average molecular weight is 321 g/mol. The lowest BCUT2D eigenvalue weighted by Gasteiger charge is -2.17. The molecule has 0 fully saturated rings. The number of carbonyl (C=O) groups is 1. The Balaban J connectivity index is 2.02. The molecule has 0 saturated carbocycles. The number of nitrogens with zero attached hydrogens (tertiary/aromatic N) is 1. The summed E-state index contributed by atoms with van der Waals surface area (Å²) in [7, 11) is 1.78. The molecule has 3 nitrogen and oxygen atoms in total. The molecular formula is C16H14Cl2N2O. The van der Waals surface area contributed by atoms with Crippen molar-refractivity contribution in [3.63, 3.8) is 0 Å². The Morgan fingerprint density at radius 2 is 1.86 bits per heavy atom. The van der Waals surface area contributed by atoms with Crippen LogP contribution in [0.1, 0.15) is 22.7 Å². The van der Waals surface area contributed by atoms with E-state index in [1.807, 2.05) is 18.2 Å². The second-order valence-corrected chi connectivity index (χ2v) is 5.95. The van der Waals surface area contributed by atoms with Crippen molar-refractivity contribution in [2.24, 2.45) is 5.73 Å². The number of likely N-dealkylation sites (N-methyl/N-ethyl adjacent to an activating group) is 1. The number of carbonyl (C=O) groups excluding carboxylic acids is 1. The van der Waals surface area contributed by atoms with E-state index in [1.165, 1.54) is 0 Å². The van der Waals surface area contributed by atoms with Crippen LogP contribution in [0.5, 0.6) is 0 Å².